The van der Waals surface area contributed by atoms with Crippen LogP contribution in [0, 0.1) is 5.92 Å². The van der Waals surface area contributed by atoms with Gasteiger partial charge in [0.25, 0.3) is 5.91 Å². The van der Waals surface area contributed by atoms with Crippen LogP contribution in [0.1, 0.15) is 23.0 Å². The molecule has 2 N–H and O–H groups in total. The summed E-state index contributed by atoms with van der Waals surface area (Å²) in [6.45, 7) is 2.03. The van der Waals surface area contributed by atoms with Crippen LogP contribution in [0.3, 0.4) is 0 Å². The predicted octanol–water partition coefficient (Wildman–Crippen LogP) is 2.09. The molecule has 1 heterocycles. The molecule has 0 aliphatic carbocycles. The molecule has 1 aromatic rings. The number of halogens is 3. The van der Waals surface area contributed by atoms with Gasteiger partial charge < -0.3 is 10.6 Å². The molecular weight excluding hydrogens is 291 g/mol. The van der Waals surface area contributed by atoms with Crippen molar-refractivity contribution in [3.63, 3.8) is 0 Å². The van der Waals surface area contributed by atoms with Crippen molar-refractivity contribution >= 4 is 23.1 Å². The van der Waals surface area contributed by atoms with Crippen molar-refractivity contribution in [3.8, 4) is 0 Å². The molecule has 8 heteroatoms. The maximum Gasteiger partial charge on any atom is 0.417 e. The monoisotopic (exact) mass is 305 g/mol. The number of hydrogen-bond acceptors (Lipinski definition) is 3. The summed E-state index contributed by atoms with van der Waals surface area (Å²) in [5.74, 6) is -0.671. The van der Waals surface area contributed by atoms with Crippen LogP contribution in [0.15, 0.2) is 18.3 Å². The highest BCUT2D eigenvalue weighted by molar-refractivity contribution is 7.80. The molecule has 0 aliphatic rings. The van der Waals surface area contributed by atoms with E-state index in [0.29, 0.717) is 6.20 Å². The molecule has 0 saturated heterocycles. The van der Waals surface area contributed by atoms with Gasteiger partial charge in [0, 0.05) is 25.7 Å². The highest BCUT2D eigenvalue weighted by Gasteiger charge is 2.31. The summed E-state index contributed by atoms with van der Waals surface area (Å²) < 4.78 is 37.1. The first-order valence-corrected chi connectivity index (χ1v) is 6.11. The van der Waals surface area contributed by atoms with Crippen molar-refractivity contribution < 1.29 is 18.0 Å². The van der Waals surface area contributed by atoms with Gasteiger partial charge >= 0.3 is 6.18 Å². The number of alkyl halides is 3. The van der Waals surface area contributed by atoms with Crippen molar-refractivity contribution in [2.75, 3.05) is 13.6 Å². The Morgan fingerprint density at radius 3 is 2.50 bits per heavy atom. The molecule has 0 radical (unpaired) electrons. The van der Waals surface area contributed by atoms with E-state index < -0.39 is 17.6 Å². The summed E-state index contributed by atoms with van der Waals surface area (Å²) in [6.07, 6.45) is -3.83. The van der Waals surface area contributed by atoms with E-state index >= 15 is 0 Å². The number of nitrogens with zero attached hydrogens (tertiary/aromatic N) is 2. The second-order valence-corrected chi connectivity index (χ2v) is 4.89. The molecule has 1 unspecified atom stereocenters. The van der Waals surface area contributed by atoms with Crippen LogP contribution in [0.4, 0.5) is 13.2 Å². The van der Waals surface area contributed by atoms with Crippen molar-refractivity contribution in [2.24, 2.45) is 11.7 Å². The van der Waals surface area contributed by atoms with Crippen LogP contribution in [-0.4, -0.2) is 34.4 Å². The number of hydrogen-bond donors (Lipinski definition) is 1. The lowest BCUT2D eigenvalue weighted by Crippen LogP contribution is -2.35. The molecule has 1 aromatic heterocycles. The first-order valence-electron chi connectivity index (χ1n) is 5.71. The highest BCUT2D eigenvalue weighted by Crippen LogP contribution is 2.28. The quantitative estimate of drug-likeness (QED) is 0.865. The van der Waals surface area contributed by atoms with E-state index in [1.54, 1.807) is 6.92 Å². The van der Waals surface area contributed by atoms with Crippen molar-refractivity contribution in [2.45, 2.75) is 13.1 Å². The van der Waals surface area contributed by atoms with Crippen LogP contribution in [0.5, 0.6) is 0 Å². The second-order valence-electron chi connectivity index (χ2n) is 4.42. The molecule has 0 spiro atoms. The van der Waals surface area contributed by atoms with Crippen molar-refractivity contribution in [1.82, 2.24) is 9.88 Å². The molecule has 110 valence electrons. The summed E-state index contributed by atoms with van der Waals surface area (Å²) in [4.78, 5) is 17.1. The van der Waals surface area contributed by atoms with Gasteiger partial charge in [-0.05, 0) is 12.1 Å². The van der Waals surface area contributed by atoms with Gasteiger partial charge in [-0.1, -0.05) is 19.1 Å². The molecule has 0 saturated carbocycles. The van der Waals surface area contributed by atoms with E-state index in [2.05, 4.69) is 4.98 Å². The zero-order chi connectivity index (χ0) is 15.5. The Morgan fingerprint density at radius 1 is 1.50 bits per heavy atom. The SMILES string of the molecule is CC(CN(C)C(=O)c1ccc(C(F)(F)F)cn1)C(N)=S. The lowest BCUT2D eigenvalue weighted by molar-refractivity contribution is -0.137. The first-order chi connectivity index (χ1) is 9.12. The Kier molecular flexibility index (Phi) is 5.04. The normalized spacial score (nSPS) is 12.8. The summed E-state index contributed by atoms with van der Waals surface area (Å²) >= 11 is 4.80. The second kappa shape index (κ2) is 6.17. The summed E-state index contributed by atoms with van der Waals surface area (Å²) in [6, 6.07) is 1.87. The van der Waals surface area contributed by atoms with Crippen molar-refractivity contribution in [1.29, 1.82) is 0 Å². The fourth-order valence-electron chi connectivity index (χ4n) is 1.47. The number of aromatic nitrogens is 1. The lowest BCUT2D eigenvalue weighted by Gasteiger charge is -2.20. The predicted molar refractivity (Wildman–Crippen MR) is 72.1 cm³/mol. The number of thiocarbonyl (C=S) groups is 1. The minimum absolute atomic E-state index is 0.0596. The summed E-state index contributed by atoms with van der Waals surface area (Å²) in [5.41, 5.74) is 4.49. The van der Waals surface area contributed by atoms with Gasteiger partial charge in [0.05, 0.1) is 10.6 Å². The molecule has 4 nitrogen and oxygen atoms in total. The molecule has 20 heavy (non-hydrogen) atoms. The number of amides is 1. The van der Waals surface area contributed by atoms with Crippen LogP contribution < -0.4 is 5.73 Å². The Hall–Kier alpha value is -1.70. The fourth-order valence-corrected chi connectivity index (χ4v) is 1.54. The molecule has 1 amide bonds. The average Bonchev–Trinajstić information content (AvgIpc) is 2.36. The minimum atomic E-state index is -4.47. The molecule has 0 aromatic carbocycles. The number of nitrogens with two attached hydrogens (primary N) is 1. The molecule has 1 atom stereocenters. The Morgan fingerprint density at radius 2 is 2.10 bits per heavy atom. The number of pyridine rings is 1. The largest absolute Gasteiger partial charge is 0.417 e. The highest BCUT2D eigenvalue weighted by atomic mass is 32.1. The van der Waals surface area contributed by atoms with E-state index in [-0.39, 0.29) is 23.1 Å². The van der Waals surface area contributed by atoms with E-state index in [1.165, 1.54) is 11.9 Å². The number of carbonyl (C=O) groups excluding carboxylic acids is 1. The molecule has 0 aliphatic heterocycles. The maximum atomic E-state index is 12.4. The van der Waals surface area contributed by atoms with Gasteiger partial charge in [0.15, 0.2) is 0 Å². The molecular formula is C12H14F3N3OS. The van der Waals surface area contributed by atoms with E-state index in [1.807, 2.05) is 0 Å². The zero-order valence-corrected chi connectivity index (χ0v) is 11.8. The third-order valence-corrected chi connectivity index (χ3v) is 3.09. The van der Waals surface area contributed by atoms with Gasteiger partial charge in [-0.15, -0.1) is 0 Å². The molecule has 0 bridgehead atoms. The Balaban J connectivity index is 2.80. The fraction of sp³-hybridized carbons (Fsp3) is 0.417. The van der Waals surface area contributed by atoms with Gasteiger partial charge in [-0.3, -0.25) is 9.78 Å². The molecule has 1 rings (SSSR count). The Labute approximate surface area is 119 Å². The average molecular weight is 305 g/mol. The third kappa shape index (κ3) is 4.16. The summed E-state index contributed by atoms with van der Waals surface area (Å²) in [7, 11) is 1.51. The zero-order valence-electron chi connectivity index (χ0n) is 10.9. The summed E-state index contributed by atoms with van der Waals surface area (Å²) in [5, 5.41) is 0. The topological polar surface area (TPSA) is 59.2 Å². The molecule has 0 fully saturated rings. The number of rotatable bonds is 4. The van der Waals surface area contributed by atoms with Gasteiger partial charge in [-0.25, -0.2) is 0 Å². The maximum absolute atomic E-state index is 12.4. The smallest absolute Gasteiger partial charge is 0.393 e. The van der Waals surface area contributed by atoms with E-state index in [9.17, 15) is 18.0 Å². The van der Waals surface area contributed by atoms with Crippen LogP contribution in [0.25, 0.3) is 0 Å². The van der Waals surface area contributed by atoms with E-state index in [4.69, 9.17) is 18.0 Å². The van der Waals surface area contributed by atoms with Gasteiger partial charge in [0.1, 0.15) is 5.69 Å². The lowest BCUT2D eigenvalue weighted by atomic mass is 10.1. The number of carbonyl (C=O) groups is 1. The standard InChI is InChI=1S/C12H14F3N3OS/c1-7(10(16)20)6-18(2)11(19)9-4-3-8(5-17-9)12(13,14)15/h3-5,7H,6H2,1-2H3,(H2,16,20). The van der Waals surface area contributed by atoms with Crippen LogP contribution in [0.2, 0.25) is 0 Å². The van der Waals surface area contributed by atoms with E-state index in [0.717, 1.165) is 12.1 Å². The van der Waals surface area contributed by atoms with Crippen molar-refractivity contribution in [3.05, 3.63) is 29.6 Å². The first kappa shape index (κ1) is 16.4. The van der Waals surface area contributed by atoms with Gasteiger partial charge in [-0.2, -0.15) is 13.2 Å². The Bertz CT molecular complexity index is 502. The van der Waals surface area contributed by atoms with Crippen LogP contribution in [-0.2, 0) is 6.18 Å². The van der Waals surface area contributed by atoms with Crippen LogP contribution >= 0.6 is 12.2 Å². The third-order valence-electron chi connectivity index (χ3n) is 2.69. The van der Waals surface area contributed by atoms with Gasteiger partial charge in [0.2, 0.25) is 0 Å². The minimum Gasteiger partial charge on any atom is -0.393 e.